The van der Waals surface area contributed by atoms with Gasteiger partial charge in [-0.2, -0.15) is 0 Å². The molecule has 1 aliphatic heterocycles. The third-order valence-corrected chi connectivity index (χ3v) is 4.55. The first kappa shape index (κ1) is 21.0. The molecule has 0 N–H and O–H groups in total. The topological polar surface area (TPSA) is 68.3 Å². The molecular weight excluding hydrogens is 348 g/mol. The van der Waals surface area contributed by atoms with Crippen molar-refractivity contribution in [3.8, 4) is 0 Å². The molecular formula is C20H30N2O5. The summed E-state index contributed by atoms with van der Waals surface area (Å²) in [6.45, 7) is 4.88. The van der Waals surface area contributed by atoms with Crippen LogP contribution < -0.4 is 0 Å². The van der Waals surface area contributed by atoms with Gasteiger partial charge >= 0.3 is 12.2 Å². The first-order valence-corrected chi connectivity index (χ1v) is 9.50. The monoisotopic (exact) mass is 378 g/mol. The van der Waals surface area contributed by atoms with Crippen LogP contribution >= 0.6 is 0 Å². The molecule has 0 bridgehead atoms. The summed E-state index contributed by atoms with van der Waals surface area (Å²) in [5, 5.41) is 1.01. The number of rotatable bonds is 6. The number of carbonyl (C=O) groups excluding carboxylic acids is 2. The van der Waals surface area contributed by atoms with E-state index in [-0.39, 0.29) is 18.7 Å². The van der Waals surface area contributed by atoms with Crippen molar-refractivity contribution in [3.63, 3.8) is 0 Å². The summed E-state index contributed by atoms with van der Waals surface area (Å²) in [7, 11) is 1.65. The Hall–Kier alpha value is -2.28. The van der Waals surface area contributed by atoms with Gasteiger partial charge in [0.05, 0.1) is 6.04 Å². The van der Waals surface area contributed by atoms with Crippen LogP contribution in [-0.4, -0.2) is 54.5 Å². The Kier molecular flexibility index (Phi) is 8.39. The highest BCUT2D eigenvalue weighted by atomic mass is 16.8. The van der Waals surface area contributed by atoms with E-state index in [0.29, 0.717) is 13.2 Å². The van der Waals surface area contributed by atoms with E-state index in [9.17, 15) is 9.59 Å². The lowest BCUT2D eigenvalue weighted by Gasteiger charge is -2.36. The van der Waals surface area contributed by atoms with E-state index in [2.05, 4.69) is 0 Å². The average Bonchev–Trinajstić information content (AvgIpc) is 2.69. The Labute approximate surface area is 161 Å². The Morgan fingerprint density at radius 3 is 2.63 bits per heavy atom. The van der Waals surface area contributed by atoms with Crippen LogP contribution in [0.5, 0.6) is 0 Å². The van der Waals surface area contributed by atoms with Gasteiger partial charge in [0.15, 0.2) is 0 Å². The number of methoxy groups -OCH3 is 1. The first-order chi connectivity index (χ1) is 13.0. The molecule has 1 aromatic carbocycles. The van der Waals surface area contributed by atoms with E-state index >= 15 is 0 Å². The maximum atomic E-state index is 12.7. The summed E-state index contributed by atoms with van der Waals surface area (Å²) in [5.74, 6) is 0. The molecule has 7 heteroatoms. The molecule has 2 rings (SSSR count). The quantitative estimate of drug-likeness (QED) is 0.701. The molecule has 0 aromatic heterocycles. The lowest BCUT2D eigenvalue weighted by atomic mass is 10.0. The minimum absolute atomic E-state index is 0.0700. The second-order valence-electron chi connectivity index (χ2n) is 6.94. The van der Waals surface area contributed by atoms with Crippen molar-refractivity contribution >= 4 is 12.2 Å². The van der Waals surface area contributed by atoms with E-state index in [1.165, 1.54) is 0 Å². The number of carbonyl (C=O) groups is 2. The maximum absolute atomic E-state index is 12.7. The summed E-state index contributed by atoms with van der Waals surface area (Å²) in [6, 6.07) is 9.12. The zero-order chi connectivity index (χ0) is 19.6. The molecule has 0 unspecified atom stereocenters. The number of benzene rings is 1. The highest BCUT2D eigenvalue weighted by Crippen LogP contribution is 2.21. The molecule has 1 aliphatic rings. The van der Waals surface area contributed by atoms with E-state index in [1.807, 2.05) is 30.3 Å². The van der Waals surface area contributed by atoms with Crippen molar-refractivity contribution in [2.75, 3.05) is 20.3 Å². The Morgan fingerprint density at radius 1 is 1.22 bits per heavy atom. The molecule has 0 aliphatic carbocycles. The molecule has 2 amide bonds. The minimum Gasteiger partial charge on any atom is -0.442 e. The van der Waals surface area contributed by atoms with Gasteiger partial charge in [0, 0.05) is 26.3 Å². The standard InChI is InChI=1S/C20H30N2O5/c1-16(2)22(20(24)26-15-17-9-5-4-6-10-17)27-19(23)21-13-8-7-11-18(21)12-14-25-3/h4-6,9-10,16,18H,7-8,11-15H2,1-3H3/t18-/m0/s1. The number of likely N-dealkylation sites (tertiary alicyclic amines) is 1. The Morgan fingerprint density at radius 2 is 1.96 bits per heavy atom. The summed E-state index contributed by atoms with van der Waals surface area (Å²) >= 11 is 0. The third-order valence-electron chi connectivity index (χ3n) is 4.55. The van der Waals surface area contributed by atoms with E-state index in [1.54, 1.807) is 25.9 Å². The Bertz CT molecular complexity index is 593. The molecule has 0 spiro atoms. The first-order valence-electron chi connectivity index (χ1n) is 9.50. The lowest BCUT2D eigenvalue weighted by molar-refractivity contribution is -0.119. The predicted molar refractivity (Wildman–Crippen MR) is 101 cm³/mol. The number of hydroxylamine groups is 2. The van der Waals surface area contributed by atoms with Crippen molar-refractivity contribution in [1.82, 2.24) is 9.96 Å². The van der Waals surface area contributed by atoms with Crippen LogP contribution in [0.2, 0.25) is 0 Å². The van der Waals surface area contributed by atoms with Gasteiger partial charge in [0.25, 0.3) is 0 Å². The van der Waals surface area contributed by atoms with Gasteiger partial charge in [0.1, 0.15) is 6.61 Å². The van der Waals surface area contributed by atoms with Crippen molar-refractivity contribution in [1.29, 1.82) is 0 Å². The van der Waals surface area contributed by atoms with Crippen LogP contribution in [0.3, 0.4) is 0 Å². The van der Waals surface area contributed by atoms with Crippen LogP contribution in [0.1, 0.15) is 45.1 Å². The predicted octanol–water partition coefficient (Wildman–Crippen LogP) is 3.98. The number of hydrogen-bond acceptors (Lipinski definition) is 5. The van der Waals surface area contributed by atoms with Crippen molar-refractivity contribution in [3.05, 3.63) is 35.9 Å². The normalized spacial score (nSPS) is 16.9. The summed E-state index contributed by atoms with van der Waals surface area (Å²) < 4.78 is 10.4. The fraction of sp³-hybridized carbons (Fsp3) is 0.600. The second kappa shape index (κ2) is 10.8. The zero-order valence-electron chi connectivity index (χ0n) is 16.4. The molecule has 0 saturated carbocycles. The molecule has 1 atom stereocenters. The number of nitrogens with zero attached hydrogens (tertiary/aromatic N) is 2. The maximum Gasteiger partial charge on any atom is 0.443 e. The largest absolute Gasteiger partial charge is 0.443 e. The van der Waals surface area contributed by atoms with Gasteiger partial charge in [-0.25, -0.2) is 9.59 Å². The average molecular weight is 378 g/mol. The van der Waals surface area contributed by atoms with Gasteiger partial charge in [-0.05, 0) is 45.1 Å². The van der Waals surface area contributed by atoms with Crippen molar-refractivity contribution in [2.24, 2.45) is 0 Å². The van der Waals surface area contributed by atoms with Crippen LogP contribution in [0.4, 0.5) is 9.59 Å². The van der Waals surface area contributed by atoms with Gasteiger partial charge in [-0.15, -0.1) is 5.06 Å². The van der Waals surface area contributed by atoms with E-state index < -0.39 is 12.2 Å². The number of ether oxygens (including phenoxy) is 2. The second-order valence-corrected chi connectivity index (χ2v) is 6.94. The minimum atomic E-state index is -0.673. The fourth-order valence-corrected chi connectivity index (χ4v) is 3.07. The van der Waals surface area contributed by atoms with Gasteiger partial charge < -0.3 is 19.2 Å². The molecule has 1 saturated heterocycles. The number of piperidine rings is 1. The highest BCUT2D eigenvalue weighted by molar-refractivity contribution is 5.72. The van der Waals surface area contributed by atoms with E-state index in [0.717, 1.165) is 36.3 Å². The molecule has 1 fully saturated rings. The number of amides is 2. The summed E-state index contributed by atoms with van der Waals surface area (Å²) in [5.41, 5.74) is 0.872. The SMILES string of the molecule is COCC[C@@H]1CCCCN1C(=O)ON(C(=O)OCc1ccccc1)C(C)C. The van der Waals surface area contributed by atoms with Crippen LogP contribution in [0, 0.1) is 0 Å². The molecule has 1 aromatic rings. The van der Waals surface area contributed by atoms with E-state index in [4.69, 9.17) is 14.3 Å². The van der Waals surface area contributed by atoms with Crippen LogP contribution in [-0.2, 0) is 20.9 Å². The highest BCUT2D eigenvalue weighted by Gasteiger charge is 2.32. The van der Waals surface area contributed by atoms with Crippen LogP contribution in [0.15, 0.2) is 30.3 Å². The summed E-state index contributed by atoms with van der Waals surface area (Å²) in [4.78, 5) is 32.2. The van der Waals surface area contributed by atoms with Gasteiger partial charge in [-0.1, -0.05) is 30.3 Å². The molecule has 150 valence electrons. The Balaban J connectivity index is 1.94. The fourth-order valence-electron chi connectivity index (χ4n) is 3.07. The van der Waals surface area contributed by atoms with Crippen molar-refractivity contribution < 1.29 is 23.9 Å². The van der Waals surface area contributed by atoms with Gasteiger partial charge in [0.2, 0.25) is 0 Å². The smallest absolute Gasteiger partial charge is 0.442 e. The van der Waals surface area contributed by atoms with Crippen LogP contribution in [0.25, 0.3) is 0 Å². The molecule has 1 heterocycles. The molecule has 7 nitrogen and oxygen atoms in total. The van der Waals surface area contributed by atoms with Gasteiger partial charge in [-0.3, -0.25) is 0 Å². The zero-order valence-corrected chi connectivity index (χ0v) is 16.4. The summed E-state index contributed by atoms with van der Waals surface area (Å²) in [6.07, 6.45) is 2.49. The molecule has 0 radical (unpaired) electrons. The lowest BCUT2D eigenvalue weighted by Crippen LogP contribution is -2.49. The third kappa shape index (κ3) is 6.43. The number of hydrogen-bond donors (Lipinski definition) is 0. The van der Waals surface area contributed by atoms with Crippen molar-refractivity contribution in [2.45, 2.75) is 58.2 Å². The molecule has 27 heavy (non-hydrogen) atoms.